The summed E-state index contributed by atoms with van der Waals surface area (Å²) >= 11 is 0. The lowest BCUT2D eigenvalue weighted by molar-refractivity contribution is 0.101. The van der Waals surface area contributed by atoms with Crippen molar-refractivity contribution in [3.63, 3.8) is 0 Å². The molecule has 0 bridgehead atoms. The third-order valence-corrected chi connectivity index (χ3v) is 4.64. The Balaban J connectivity index is 1.69. The second-order valence-corrected chi connectivity index (χ2v) is 6.49. The van der Waals surface area contributed by atoms with Gasteiger partial charge in [0, 0.05) is 24.3 Å². The molecule has 28 heavy (non-hydrogen) atoms. The van der Waals surface area contributed by atoms with E-state index in [1.165, 1.54) is 6.92 Å². The van der Waals surface area contributed by atoms with Crippen LogP contribution in [-0.2, 0) is 7.05 Å². The maximum atomic E-state index is 11.4. The number of aryl methyl sites for hydroxylation is 1. The van der Waals surface area contributed by atoms with Gasteiger partial charge >= 0.3 is 0 Å². The molecule has 0 saturated heterocycles. The minimum atomic E-state index is 0.0238. The number of aromatic nitrogens is 2. The first-order chi connectivity index (χ1) is 13.6. The van der Waals surface area contributed by atoms with Crippen LogP contribution in [0.1, 0.15) is 28.9 Å². The standard InChI is InChI=1S/C23H17N3O2/c1-15(27)16-7-9-17(10-8-16)22-12-11-19(28-22)13-18(14-24)23-25-20-5-3-4-6-21(20)26(23)2/h3-13H,1-2H3. The molecule has 0 radical (unpaired) electrons. The molecule has 0 saturated carbocycles. The number of hydrogen-bond acceptors (Lipinski definition) is 4. The van der Waals surface area contributed by atoms with Gasteiger partial charge in [0.2, 0.25) is 0 Å². The van der Waals surface area contributed by atoms with Crippen LogP contribution in [0.15, 0.2) is 65.1 Å². The van der Waals surface area contributed by atoms with Crippen LogP contribution >= 0.6 is 0 Å². The molecule has 4 rings (SSSR count). The highest BCUT2D eigenvalue weighted by atomic mass is 16.3. The monoisotopic (exact) mass is 367 g/mol. The van der Waals surface area contributed by atoms with Gasteiger partial charge in [-0.25, -0.2) is 4.98 Å². The van der Waals surface area contributed by atoms with Crippen LogP contribution < -0.4 is 0 Å². The van der Waals surface area contributed by atoms with Crippen LogP contribution in [0, 0.1) is 11.3 Å². The fourth-order valence-corrected chi connectivity index (χ4v) is 3.13. The van der Waals surface area contributed by atoms with Gasteiger partial charge in [-0.1, -0.05) is 36.4 Å². The number of nitrogens with zero attached hydrogens (tertiary/aromatic N) is 3. The first-order valence-corrected chi connectivity index (χ1v) is 8.81. The summed E-state index contributed by atoms with van der Waals surface area (Å²) in [6.07, 6.45) is 1.69. The van der Waals surface area contributed by atoms with Crippen LogP contribution in [0.2, 0.25) is 0 Å². The number of nitriles is 1. The third-order valence-electron chi connectivity index (χ3n) is 4.64. The van der Waals surface area contributed by atoms with Crippen molar-refractivity contribution in [2.45, 2.75) is 6.92 Å². The minimum Gasteiger partial charge on any atom is -0.457 e. The maximum absolute atomic E-state index is 11.4. The predicted molar refractivity (Wildman–Crippen MR) is 108 cm³/mol. The van der Waals surface area contributed by atoms with Crippen LogP contribution in [0.5, 0.6) is 0 Å². The summed E-state index contributed by atoms with van der Waals surface area (Å²) < 4.78 is 7.79. The van der Waals surface area contributed by atoms with E-state index in [-0.39, 0.29) is 5.78 Å². The zero-order chi connectivity index (χ0) is 19.7. The largest absolute Gasteiger partial charge is 0.457 e. The van der Waals surface area contributed by atoms with E-state index < -0.39 is 0 Å². The Bertz CT molecular complexity index is 1250. The normalized spacial score (nSPS) is 11.5. The Morgan fingerprint density at radius 1 is 1.11 bits per heavy atom. The van der Waals surface area contributed by atoms with E-state index in [0.29, 0.717) is 28.5 Å². The molecule has 2 aromatic heterocycles. The molecule has 0 aliphatic carbocycles. The summed E-state index contributed by atoms with van der Waals surface area (Å²) in [5.74, 6) is 1.85. The SMILES string of the molecule is CC(=O)c1ccc(-c2ccc(C=C(C#N)c3nc4ccccc4n3C)o2)cc1. The summed E-state index contributed by atoms with van der Waals surface area (Å²) in [6.45, 7) is 1.54. The fraction of sp³-hybridized carbons (Fsp3) is 0.0870. The molecule has 136 valence electrons. The summed E-state index contributed by atoms with van der Waals surface area (Å²) in [6, 6.07) is 20.9. The summed E-state index contributed by atoms with van der Waals surface area (Å²) in [5.41, 5.74) is 3.75. The smallest absolute Gasteiger partial charge is 0.159 e. The number of imidazole rings is 1. The van der Waals surface area contributed by atoms with E-state index in [9.17, 15) is 10.1 Å². The molecule has 2 aromatic carbocycles. The van der Waals surface area contributed by atoms with Gasteiger partial charge < -0.3 is 8.98 Å². The molecule has 4 aromatic rings. The van der Waals surface area contributed by atoms with Gasteiger partial charge in [-0.3, -0.25) is 4.79 Å². The van der Waals surface area contributed by atoms with Gasteiger partial charge in [-0.15, -0.1) is 0 Å². The van der Waals surface area contributed by atoms with E-state index >= 15 is 0 Å². The van der Waals surface area contributed by atoms with E-state index in [2.05, 4.69) is 11.1 Å². The number of carbonyl (C=O) groups excluding carboxylic acids is 1. The number of furan rings is 1. The molecule has 0 amide bonds. The second kappa shape index (κ2) is 7.01. The zero-order valence-corrected chi connectivity index (χ0v) is 15.5. The number of para-hydroxylation sites is 2. The fourth-order valence-electron chi connectivity index (χ4n) is 3.13. The molecule has 0 N–H and O–H groups in total. The van der Waals surface area contributed by atoms with Crippen molar-refractivity contribution in [1.82, 2.24) is 9.55 Å². The average molecular weight is 367 g/mol. The Morgan fingerprint density at radius 3 is 2.54 bits per heavy atom. The van der Waals surface area contributed by atoms with Crippen LogP contribution in [0.3, 0.4) is 0 Å². The molecule has 0 spiro atoms. The molecule has 0 aliphatic rings. The Labute approximate surface area is 162 Å². The van der Waals surface area contributed by atoms with E-state index in [1.54, 1.807) is 18.2 Å². The van der Waals surface area contributed by atoms with Gasteiger partial charge in [0.15, 0.2) is 11.6 Å². The molecule has 0 atom stereocenters. The molecular weight excluding hydrogens is 350 g/mol. The molecule has 5 heteroatoms. The van der Waals surface area contributed by atoms with Crippen molar-refractivity contribution in [1.29, 1.82) is 5.26 Å². The Morgan fingerprint density at radius 2 is 1.86 bits per heavy atom. The number of ketones is 1. The quantitative estimate of drug-likeness (QED) is 0.372. The highest BCUT2D eigenvalue weighted by molar-refractivity contribution is 5.94. The van der Waals surface area contributed by atoms with E-state index in [1.807, 2.05) is 60.1 Å². The highest BCUT2D eigenvalue weighted by Crippen LogP contribution is 2.26. The Kier molecular flexibility index (Phi) is 4.38. The number of hydrogen-bond donors (Lipinski definition) is 0. The van der Waals surface area contributed by atoms with Crippen molar-refractivity contribution >= 4 is 28.5 Å². The topological polar surface area (TPSA) is 71.8 Å². The minimum absolute atomic E-state index is 0.0238. The summed E-state index contributed by atoms with van der Waals surface area (Å²) in [5, 5.41) is 9.65. The van der Waals surface area contributed by atoms with E-state index in [0.717, 1.165) is 16.6 Å². The molecular formula is C23H17N3O2. The van der Waals surface area contributed by atoms with Crippen molar-refractivity contribution < 1.29 is 9.21 Å². The molecule has 2 heterocycles. The molecule has 0 unspecified atom stereocenters. The number of fused-ring (bicyclic) bond motifs is 1. The second-order valence-electron chi connectivity index (χ2n) is 6.49. The van der Waals surface area contributed by atoms with Gasteiger partial charge in [-0.2, -0.15) is 5.26 Å². The number of carbonyl (C=O) groups is 1. The third kappa shape index (κ3) is 3.12. The predicted octanol–water partition coefficient (Wildman–Crippen LogP) is 5.10. The summed E-state index contributed by atoms with van der Waals surface area (Å²) in [7, 11) is 1.89. The molecule has 0 aliphatic heterocycles. The summed E-state index contributed by atoms with van der Waals surface area (Å²) in [4.78, 5) is 16.0. The lowest BCUT2D eigenvalue weighted by Crippen LogP contribution is -1.95. The number of Topliss-reactive ketones (excluding diaryl/α,β-unsaturated/α-hetero) is 1. The van der Waals surface area contributed by atoms with Gasteiger partial charge in [0.05, 0.1) is 16.6 Å². The lowest BCUT2D eigenvalue weighted by Gasteiger charge is -2.00. The first-order valence-electron chi connectivity index (χ1n) is 8.81. The van der Waals surface area contributed by atoms with Crippen LogP contribution in [-0.4, -0.2) is 15.3 Å². The lowest BCUT2D eigenvalue weighted by atomic mass is 10.1. The van der Waals surface area contributed by atoms with Crippen molar-refractivity contribution in [2.24, 2.45) is 7.05 Å². The zero-order valence-electron chi connectivity index (χ0n) is 15.5. The molecule has 5 nitrogen and oxygen atoms in total. The van der Waals surface area contributed by atoms with E-state index in [4.69, 9.17) is 4.42 Å². The van der Waals surface area contributed by atoms with Gasteiger partial charge in [-0.05, 0) is 31.2 Å². The first kappa shape index (κ1) is 17.5. The maximum Gasteiger partial charge on any atom is 0.159 e. The average Bonchev–Trinajstić information content (AvgIpc) is 3.31. The van der Waals surface area contributed by atoms with Crippen molar-refractivity contribution in [2.75, 3.05) is 0 Å². The molecule has 0 fully saturated rings. The van der Waals surface area contributed by atoms with Crippen LogP contribution in [0.25, 0.3) is 34.0 Å². The Hall–Kier alpha value is -3.91. The highest BCUT2D eigenvalue weighted by Gasteiger charge is 2.13. The van der Waals surface area contributed by atoms with Crippen LogP contribution in [0.4, 0.5) is 0 Å². The van der Waals surface area contributed by atoms with Gasteiger partial charge in [0.1, 0.15) is 17.6 Å². The van der Waals surface area contributed by atoms with Crippen molar-refractivity contribution in [3.05, 3.63) is 77.8 Å². The van der Waals surface area contributed by atoms with Crippen molar-refractivity contribution in [3.8, 4) is 17.4 Å². The number of benzene rings is 2. The van der Waals surface area contributed by atoms with Gasteiger partial charge in [0.25, 0.3) is 0 Å². The number of allylic oxidation sites excluding steroid dienone is 1. The number of rotatable bonds is 4.